The molecule has 0 atom stereocenters. The van der Waals surface area contributed by atoms with Gasteiger partial charge in [0.15, 0.2) is 0 Å². The minimum absolute atomic E-state index is 0.0603. The first kappa shape index (κ1) is 24.9. The smallest absolute Gasteiger partial charge is 0.207 e. The van der Waals surface area contributed by atoms with Crippen molar-refractivity contribution in [2.75, 3.05) is 26.2 Å². The summed E-state index contributed by atoms with van der Waals surface area (Å²) in [6.07, 6.45) is 0.896. The Hall–Kier alpha value is -1.74. The van der Waals surface area contributed by atoms with Crippen LogP contribution in [0.3, 0.4) is 0 Å². The van der Waals surface area contributed by atoms with Gasteiger partial charge in [0, 0.05) is 26.2 Å². The minimum Gasteiger partial charge on any atom is -0.207 e. The number of hydrogen-bond acceptors (Lipinski definition) is 4. The molecule has 0 amide bonds. The summed E-state index contributed by atoms with van der Waals surface area (Å²) < 4.78 is 54.9. The molecule has 0 N–H and O–H groups in total. The van der Waals surface area contributed by atoms with Crippen LogP contribution in [0.15, 0.2) is 58.3 Å². The molecule has 1 fully saturated rings. The summed E-state index contributed by atoms with van der Waals surface area (Å²) >= 11 is 0. The lowest BCUT2D eigenvalue weighted by atomic mass is 9.87. The van der Waals surface area contributed by atoms with E-state index in [1.165, 1.54) is 8.61 Å². The number of piperazine rings is 1. The van der Waals surface area contributed by atoms with Crippen molar-refractivity contribution >= 4 is 20.0 Å². The summed E-state index contributed by atoms with van der Waals surface area (Å²) in [4.78, 5) is 0.488. The van der Waals surface area contributed by atoms with Crippen LogP contribution in [0.25, 0.3) is 0 Å². The highest BCUT2D eigenvalue weighted by Gasteiger charge is 2.33. The fraction of sp³-hybridized carbons (Fsp3) is 0.500. The predicted molar refractivity (Wildman–Crippen MR) is 128 cm³/mol. The Bertz CT molecular complexity index is 1120. The van der Waals surface area contributed by atoms with Gasteiger partial charge in [-0.3, -0.25) is 0 Å². The van der Waals surface area contributed by atoms with Crippen LogP contribution in [-0.2, 0) is 31.9 Å². The molecule has 1 saturated heterocycles. The highest BCUT2D eigenvalue weighted by molar-refractivity contribution is 7.89. The molecule has 176 valence electrons. The third-order valence-electron chi connectivity index (χ3n) is 5.76. The lowest BCUT2D eigenvalue weighted by Gasteiger charge is -2.33. The zero-order valence-corrected chi connectivity index (χ0v) is 21.2. The van der Waals surface area contributed by atoms with Gasteiger partial charge in [-0.2, -0.15) is 8.61 Å². The number of sulfonamides is 2. The molecule has 2 aromatic carbocycles. The van der Waals surface area contributed by atoms with E-state index in [4.69, 9.17) is 0 Å². The van der Waals surface area contributed by atoms with Crippen LogP contribution in [-0.4, -0.2) is 51.6 Å². The van der Waals surface area contributed by atoms with E-state index in [9.17, 15) is 16.8 Å². The van der Waals surface area contributed by atoms with E-state index in [2.05, 4.69) is 34.6 Å². The third-order valence-corrected chi connectivity index (χ3v) is 9.59. The number of hydrogen-bond donors (Lipinski definition) is 0. The van der Waals surface area contributed by atoms with Gasteiger partial charge in [-0.1, -0.05) is 58.9 Å². The molecular weight excluding hydrogens is 444 g/mol. The second-order valence-corrected chi connectivity index (χ2v) is 13.7. The minimum atomic E-state index is -3.66. The van der Waals surface area contributed by atoms with Crippen LogP contribution >= 0.6 is 0 Å². The van der Waals surface area contributed by atoms with Gasteiger partial charge < -0.3 is 0 Å². The second kappa shape index (κ2) is 9.25. The van der Waals surface area contributed by atoms with Crippen molar-refractivity contribution in [1.82, 2.24) is 8.61 Å². The molecule has 0 aromatic heterocycles. The zero-order valence-electron chi connectivity index (χ0n) is 19.6. The van der Waals surface area contributed by atoms with Crippen LogP contribution in [0.4, 0.5) is 0 Å². The maximum absolute atomic E-state index is 13.1. The van der Waals surface area contributed by atoms with Gasteiger partial charge in [-0.15, -0.1) is 0 Å². The lowest BCUT2D eigenvalue weighted by molar-refractivity contribution is 0.273. The molecule has 0 aliphatic carbocycles. The largest absolute Gasteiger partial charge is 0.243 e. The maximum atomic E-state index is 13.1. The Kier molecular flexibility index (Phi) is 7.20. The average molecular weight is 479 g/mol. The van der Waals surface area contributed by atoms with Crippen LogP contribution < -0.4 is 0 Å². The molecule has 8 heteroatoms. The van der Waals surface area contributed by atoms with E-state index in [0.29, 0.717) is 5.92 Å². The highest BCUT2D eigenvalue weighted by Crippen LogP contribution is 2.26. The standard InChI is InChI=1S/C24H34N2O4S2/c1-19(2)18-20-6-10-22(11-7-20)31(27,28)25-14-16-26(17-15-25)32(29,30)23-12-8-21(9-13-23)24(3,4)5/h6-13,19H,14-18H2,1-5H3. The van der Waals surface area contributed by atoms with Crippen molar-refractivity contribution in [3.63, 3.8) is 0 Å². The Morgan fingerprint density at radius 2 is 1.09 bits per heavy atom. The summed E-state index contributed by atoms with van der Waals surface area (Å²) in [5.74, 6) is 0.497. The molecule has 0 spiro atoms. The molecule has 6 nitrogen and oxygen atoms in total. The monoisotopic (exact) mass is 478 g/mol. The van der Waals surface area contributed by atoms with Crippen molar-refractivity contribution in [2.45, 2.75) is 56.2 Å². The van der Waals surface area contributed by atoms with Crippen molar-refractivity contribution < 1.29 is 16.8 Å². The first-order valence-electron chi connectivity index (χ1n) is 11.0. The van der Waals surface area contributed by atoms with E-state index in [-0.39, 0.29) is 41.4 Å². The van der Waals surface area contributed by atoms with Gasteiger partial charge in [0.05, 0.1) is 9.79 Å². The van der Waals surface area contributed by atoms with Crippen LogP contribution in [0.1, 0.15) is 45.7 Å². The Morgan fingerprint density at radius 1 is 0.719 bits per heavy atom. The summed E-state index contributed by atoms with van der Waals surface area (Å²) in [6.45, 7) is 11.0. The topological polar surface area (TPSA) is 74.8 Å². The van der Waals surface area contributed by atoms with Crippen LogP contribution in [0.5, 0.6) is 0 Å². The zero-order chi connectivity index (χ0) is 23.7. The number of benzene rings is 2. The Balaban J connectivity index is 1.69. The number of rotatable bonds is 6. The molecule has 1 aliphatic heterocycles. The van der Waals surface area contributed by atoms with Gasteiger partial charge >= 0.3 is 0 Å². The molecule has 0 unspecified atom stereocenters. The SMILES string of the molecule is CC(C)Cc1ccc(S(=O)(=O)N2CCN(S(=O)(=O)c3ccc(C(C)(C)C)cc3)CC2)cc1. The number of nitrogens with zero attached hydrogens (tertiary/aromatic N) is 2. The molecule has 32 heavy (non-hydrogen) atoms. The average Bonchev–Trinajstić information content (AvgIpc) is 2.73. The molecule has 0 saturated carbocycles. The molecule has 0 radical (unpaired) electrons. The molecule has 3 rings (SSSR count). The maximum Gasteiger partial charge on any atom is 0.243 e. The first-order chi connectivity index (χ1) is 14.8. The Morgan fingerprint density at radius 3 is 1.44 bits per heavy atom. The van der Waals surface area contributed by atoms with Gasteiger partial charge in [-0.05, 0) is 53.1 Å². The van der Waals surface area contributed by atoms with Gasteiger partial charge in [-0.25, -0.2) is 16.8 Å². The summed E-state index contributed by atoms with van der Waals surface area (Å²) in [5, 5.41) is 0. The van der Waals surface area contributed by atoms with Gasteiger partial charge in [0.2, 0.25) is 20.0 Å². The normalized spacial score (nSPS) is 17.1. The van der Waals surface area contributed by atoms with E-state index in [1.54, 1.807) is 24.3 Å². The lowest BCUT2D eigenvalue weighted by Crippen LogP contribution is -2.50. The first-order valence-corrected chi connectivity index (χ1v) is 13.9. The molecule has 2 aromatic rings. The van der Waals surface area contributed by atoms with Gasteiger partial charge in [0.1, 0.15) is 0 Å². The van der Waals surface area contributed by atoms with Crippen LogP contribution in [0.2, 0.25) is 0 Å². The van der Waals surface area contributed by atoms with Crippen molar-refractivity contribution in [2.24, 2.45) is 5.92 Å². The summed E-state index contributed by atoms with van der Waals surface area (Å²) in [7, 11) is -7.31. The molecule has 1 aliphatic rings. The Labute approximate surface area is 193 Å². The quantitative estimate of drug-likeness (QED) is 0.632. The second-order valence-electron chi connectivity index (χ2n) is 9.82. The van der Waals surface area contributed by atoms with Gasteiger partial charge in [0.25, 0.3) is 0 Å². The molecule has 1 heterocycles. The third kappa shape index (κ3) is 5.42. The molecular formula is C24H34N2O4S2. The summed E-state index contributed by atoms with van der Waals surface area (Å²) in [5.41, 5.74) is 2.11. The summed E-state index contributed by atoms with van der Waals surface area (Å²) in [6, 6.07) is 14.0. The van der Waals surface area contributed by atoms with E-state index in [0.717, 1.165) is 17.5 Å². The van der Waals surface area contributed by atoms with E-state index >= 15 is 0 Å². The van der Waals surface area contributed by atoms with E-state index in [1.807, 2.05) is 24.3 Å². The highest BCUT2D eigenvalue weighted by atomic mass is 32.2. The van der Waals surface area contributed by atoms with Crippen molar-refractivity contribution in [1.29, 1.82) is 0 Å². The fourth-order valence-corrected chi connectivity index (χ4v) is 6.69. The van der Waals surface area contributed by atoms with Crippen molar-refractivity contribution in [3.05, 3.63) is 59.7 Å². The van der Waals surface area contributed by atoms with E-state index < -0.39 is 20.0 Å². The fourth-order valence-electron chi connectivity index (χ4n) is 3.84. The molecule has 0 bridgehead atoms. The van der Waals surface area contributed by atoms with Crippen LogP contribution in [0, 0.1) is 5.92 Å². The van der Waals surface area contributed by atoms with Crippen molar-refractivity contribution in [3.8, 4) is 0 Å². The predicted octanol–water partition coefficient (Wildman–Crippen LogP) is 3.88.